The van der Waals surface area contributed by atoms with Gasteiger partial charge in [0.05, 0.1) is 23.5 Å². The van der Waals surface area contributed by atoms with Crippen molar-refractivity contribution in [3.8, 4) is 11.4 Å². The fourth-order valence-electron chi connectivity index (χ4n) is 2.58. The molecule has 2 aromatic heterocycles. The highest BCUT2D eigenvalue weighted by Gasteiger charge is 2.30. The molecule has 0 radical (unpaired) electrons. The van der Waals surface area contributed by atoms with Crippen LogP contribution in [0.2, 0.25) is 0 Å². The van der Waals surface area contributed by atoms with E-state index in [1.54, 1.807) is 29.8 Å². The van der Waals surface area contributed by atoms with Gasteiger partial charge >= 0.3 is 5.51 Å². The van der Waals surface area contributed by atoms with Crippen LogP contribution in [0, 0.1) is 5.41 Å². The molecule has 0 aliphatic heterocycles. The number of rotatable bonds is 4. The zero-order chi connectivity index (χ0) is 19.8. The number of thiol groups is 1. The van der Waals surface area contributed by atoms with Gasteiger partial charge in [0, 0.05) is 41.1 Å². The average Bonchev–Trinajstić information content (AvgIpc) is 2.91. The molecule has 0 aliphatic carbocycles. The number of benzene rings is 1. The standard InChI is InChI=1S/C17H13F3N4OS2/c1-24-13-7-22-15(27-17(18,19)20)5-12(13)23-16(24)11-3-2-9(4-14(11)26)10(6-21)8-25/h2-8,21,25-26H,1H3/b10-8+,21-6?. The second-order valence-electron chi connectivity index (χ2n) is 5.51. The summed E-state index contributed by atoms with van der Waals surface area (Å²) >= 11 is 4.16. The number of aliphatic hydroxyl groups excluding tert-OH is 1. The number of aliphatic hydroxyl groups is 1. The smallest absolute Gasteiger partial charge is 0.447 e. The van der Waals surface area contributed by atoms with Crippen LogP contribution >= 0.6 is 24.4 Å². The van der Waals surface area contributed by atoms with Crippen LogP contribution in [0.1, 0.15) is 5.56 Å². The lowest BCUT2D eigenvalue weighted by atomic mass is 10.1. The minimum Gasteiger partial charge on any atom is -0.515 e. The number of allylic oxidation sites excluding steroid dienone is 1. The fourth-order valence-corrected chi connectivity index (χ4v) is 3.41. The van der Waals surface area contributed by atoms with Crippen molar-refractivity contribution >= 4 is 47.2 Å². The van der Waals surface area contributed by atoms with Crippen molar-refractivity contribution in [2.75, 3.05) is 0 Å². The van der Waals surface area contributed by atoms with Crippen LogP contribution in [-0.2, 0) is 7.05 Å². The van der Waals surface area contributed by atoms with Gasteiger partial charge in [-0.1, -0.05) is 6.07 Å². The minimum atomic E-state index is -4.42. The maximum atomic E-state index is 12.6. The number of pyridine rings is 1. The summed E-state index contributed by atoms with van der Waals surface area (Å²) in [7, 11) is 1.74. The predicted octanol–water partition coefficient (Wildman–Crippen LogP) is 5.08. The Morgan fingerprint density at radius 1 is 1.33 bits per heavy atom. The molecule has 0 saturated carbocycles. The van der Waals surface area contributed by atoms with Gasteiger partial charge < -0.3 is 15.1 Å². The highest BCUT2D eigenvalue weighted by Crippen LogP contribution is 2.37. The Kier molecular flexibility index (Phi) is 5.20. The predicted molar refractivity (Wildman–Crippen MR) is 102 cm³/mol. The van der Waals surface area contributed by atoms with Crippen molar-refractivity contribution in [1.82, 2.24) is 14.5 Å². The SMILES string of the molecule is Cn1c(-c2ccc(/C(C=N)=C/O)cc2S)nc2cc(SC(F)(F)F)ncc21. The summed E-state index contributed by atoms with van der Waals surface area (Å²) in [5, 5.41) is 16.3. The molecule has 10 heteroatoms. The number of hydrogen-bond acceptors (Lipinski definition) is 6. The van der Waals surface area contributed by atoms with Gasteiger partial charge in [0.2, 0.25) is 0 Å². The monoisotopic (exact) mass is 410 g/mol. The van der Waals surface area contributed by atoms with E-state index in [0.717, 1.165) is 12.5 Å². The van der Waals surface area contributed by atoms with Gasteiger partial charge in [-0.2, -0.15) is 13.2 Å². The molecule has 0 saturated heterocycles. The molecule has 27 heavy (non-hydrogen) atoms. The summed E-state index contributed by atoms with van der Waals surface area (Å²) in [4.78, 5) is 8.82. The molecule has 3 aromatic rings. The maximum Gasteiger partial charge on any atom is 0.447 e. The van der Waals surface area contributed by atoms with E-state index in [4.69, 9.17) is 10.5 Å². The van der Waals surface area contributed by atoms with Crippen molar-refractivity contribution in [3.05, 3.63) is 42.3 Å². The second-order valence-corrected chi connectivity index (χ2v) is 7.08. The molecule has 0 atom stereocenters. The molecule has 0 bridgehead atoms. The van der Waals surface area contributed by atoms with Crippen molar-refractivity contribution in [2.45, 2.75) is 15.4 Å². The second kappa shape index (κ2) is 7.28. The molecule has 0 aliphatic rings. The third kappa shape index (κ3) is 3.96. The fraction of sp³-hybridized carbons (Fsp3) is 0.118. The Morgan fingerprint density at radius 2 is 2.07 bits per heavy atom. The first-order chi connectivity index (χ1) is 12.7. The lowest BCUT2D eigenvalue weighted by Gasteiger charge is -2.08. The van der Waals surface area contributed by atoms with E-state index in [1.807, 2.05) is 0 Å². The van der Waals surface area contributed by atoms with E-state index >= 15 is 0 Å². The average molecular weight is 410 g/mol. The van der Waals surface area contributed by atoms with Crippen LogP contribution in [0.3, 0.4) is 0 Å². The first kappa shape index (κ1) is 19.3. The number of hydrogen-bond donors (Lipinski definition) is 3. The summed E-state index contributed by atoms with van der Waals surface area (Å²) in [6, 6.07) is 6.40. The number of thioether (sulfide) groups is 1. The lowest BCUT2D eigenvalue weighted by molar-refractivity contribution is -0.0329. The molecule has 3 rings (SSSR count). The van der Waals surface area contributed by atoms with Gasteiger partial charge in [0.15, 0.2) is 0 Å². The highest BCUT2D eigenvalue weighted by atomic mass is 32.2. The molecule has 2 N–H and O–H groups in total. The van der Waals surface area contributed by atoms with Gasteiger partial charge in [-0.15, -0.1) is 12.6 Å². The molecule has 0 spiro atoms. The Morgan fingerprint density at radius 3 is 2.67 bits per heavy atom. The first-order valence-corrected chi connectivity index (χ1v) is 8.76. The third-order valence-corrected chi connectivity index (χ3v) is 4.86. The number of nitrogens with one attached hydrogen (secondary N) is 1. The van der Waals surface area contributed by atoms with Crippen LogP contribution in [0.25, 0.3) is 28.0 Å². The van der Waals surface area contributed by atoms with Gasteiger partial charge in [-0.05, 0) is 23.8 Å². The molecule has 0 amide bonds. The van der Waals surface area contributed by atoms with Crippen LogP contribution in [0.4, 0.5) is 13.2 Å². The molecule has 1 aromatic carbocycles. The number of fused-ring (bicyclic) bond motifs is 1. The van der Waals surface area contributed by atoms with Crippen molar-refractivity contribution in [1.29, 1.82) is 5.41 Å². The number of imidazole rings is 1. The summed E-state index contributed by atoms with van der Waals surface area (Å²) in [5.74, 6) is 0.516. The molecular formula is C17H13F3N4OS2. The van der Waals surface area contributed by atoms with Gasteiger partial charge in [-0.25, -0.2) is 9.97 Å². The molecular weight excluding hydrogens is 397 g/mol. The Labute approximate surface area is 161 Å². The van der Waals surface area contributed by atoms with E-state index in [9.17, 15) is 13.2 Å². The normalized spacial score (nSPS) is 12.6. The van der Waals surface area contributed by atoms with Crippen LogP contribution in [0.15, 0.2) is 46.6 Å². The highest BCUT2D eigenvalue weighted by molar-refractivity contribution is 8.00. The zero-order valence-corrected chi connectivity index (χ0v) is 15.5. The lowest BCUT2D eigenvalue weighted by Crippen LogP contribution is -2.00. The molecule has 140 valence electrons. The summed E-state index contributed by atoms with van der Waals surface area (Å²) in [5.41, 5.74) is -1.86. The summed E-state index contributed by atoms with van der Waals surface area (Å²) < 4.78 is 39.4. The number of aromatic nitrogens is 3. The van der Waals surface area contributed by atoms with Crippen LogP contribution in [0.5, 0.6) is 0 Å². The maximum absolute atomic E-state index is 12.6. The first-order valence-electron chi connectivity index (χ1n) is 7.50. The van der Waals surface area contributed by atoms with Crippen molar-refractivity contribution in [2.24, 2.45) is 7.05 Å². The van der Waals surface area contributed by atoms with Gasteiger partial charge in [0.25, 0.3) is 0 Å². The number of halogens is 3. The summed E-state index contributed by atoms with van der Waals surface area (Å²) in [6.45, 7) is 0. The molecule has 0 unspecified atom stereocenters. The Hall–Kier alpha value is -2.46. The molecule has 5 nitrogen and oxygen atoms in total. The molecule has 2 heterocycles. The third-order valence-electron chi connectivity index (χ3n) is 3.83. The Balaban J connectivity index is 2.07. The van der Waals surface area contributed by atoms with E-state index < -0.39 is 5.51 Å². The van der Waals surface area contributed by atoms with E-state index in [0.29, 0.717) is 38.5 Å². The quantitative estimate of drug-likeness (QED) is 0.243. The van der Waals surface area contributed by atoms with Crippen LogP contribution < -0.4 is 0 Å². The minimum absolute atomic E-state index is 0.176. The topological polar surface area (TPSA) is 74.8 Å². The largest absolute Gasteiger partial charge is 0.515 e. The van der Waals surface area contributed by atoms with E-state index in [2.05, 4.69) is 22.6 Å². The van der Waals surface area contributed by atoms with Crippen molar-refractivity contribution < 1.29 is 18.3 Å². The van der Waals surface area contributed by atoms with Gasteiger partial charge in [0.1, 0.15) is 10.9 Å². The number of aryl methyl sites for hydroxylation is 1. The number of alkyl halides is 3. The van der Waals surface area contributed by atoms with Crippen LogP contribution in [-0.4, -0.2) is 31.4 Å². The Bertz CT molecular complexity index is 1060. The van der Waals surface area contributed by atoms with E-state index in [1.165, 1.54) is 12.3 Å². The van der Waals surface area contributed by atoms with E-state index in [-0.39, 0.29) is 16.8 Å². The zero-order valence-electron chi connectivity index (χ0n) is 13.8. The number of nitrogens with zero attached hydrogens (tertiary/aromatic N) is 3. The van der Waals surface area contributed by atoms with Gasteiger partial charge in [-0.3, -0.25) is 0 Å². The van der Waals surface area contributed by atoms with Crippen molar-refractivity contribution in [3.63, 3.8) is 0 Å². The molecule has 0 fully saturated rings. The summed E-state index contributed by atoms with van der Waals surface area (Å²) in [6.07, 6.45) is 3.20.